The molecule has 1 aromatic rings. The number of benzene rings is 1. The van der Waals surface area contributed by atoms with Gasteiger partial charge >= 0.3 is 0 Å². The highest BCUT2D eigenvalue weighted by atomic mass is 79.9. The highest BCUT2D eigenvalue weighted by Crippen LogP contribution is 2.29. The summed E-state index contributed by atoms with van der Waals surface area (Å²) in [5.74, 6) is 0.477. The molecule has 0 N–H and O–H groups in total. The van der Waals surface area contributed by atoms with E-state index in [1.54, 1.807) is 0 Å². The van der Waals surface area contributed by atoms with Crippen LogP contribution in [0.4, 0.5) is 0 Å². The zero-order chi connectivity index (χ0) is 11.5. The molecule has 1 aliphatic heterocycles. The average Bonchev–Trinajstić information content (AvgIpc) is 2.27. The third kappa shape index (κ3) is 3.13. The summed E-state index contributed by atoms with van der Waals surface area (Å²) in [4.78, 5) is 0.510. The van der Waals surface area contributed by atoms with Gasteiger partial charge in [0.1, 0.15) is 0 Å². The number of hydrogen-bond acceptors (Lipinski definition) is 1. The molecule has 1 aliphatic rings. The Hall–Kier alpha value is 0.240. The molecule has 16 heavy (non-hydrogen) atoms. The van der Waals surface area contributed by atoms with Crippen molar-refractivity contribution in [2.75, 3.05) is 13.2 Å². The molecular formula is C12H13BrCl2O. The summed E-state index contributed by atoms with van der Waals surface area (Å²) in [7, 11) is 0. The van der Waals surface area contributed by atoms with Crippen molar-refractivity contribution in [3.8, 4) is 0 Å². The molecule has 1 heterocycles. The van der Waals surface area contributed by atoms with Gasteiger partial charge in [-0.15, -0.1) is 0 Å². The smallest absolute Gasteiger partial charge is 0.0508 e. The van der Waals surface area contributed by atoms with Gasteiger partial charge in [-0.05, 0) is 42.5 Å². The van der Waals surface area contributed by atoms with Crippen LogP contribution in [0.2, 0.25) is 10.0 Å². The lowest BCUT2D eigenvalue weighted by molar-refractivity contribution is 0.0606. The fourth-order valence-electron chi connectivity index (χ4n) is 1.94. The van der Waals surface area contributed by atoms with Crippen molar-refractivity contribution in [2.24, 2.45) is 5.92 Å². The maximum Gasteiger partial charge on any atom is 0.0508 e. The maximum absolute atomic E-state index is 6.15. The minimum absolute atomic E-state index is 0.477. The molecular weight excluding hydrogens is 311 g/mol. The van der Waals surface area contributed by atoms with Gasteiger partial charge in [0.05, 0.1) is 6.61 Å². The van der Waals surface area contributed by atoms with Crippen LogP contribution in [0.5, 0.6) is 0 Å². The van der Waals surface area contributed by atoms with Gasteiger partial charge < -0.3 is 4.74 Å². The molecule has 1 fully saturated rings. The number of halogens is 3. The Morgan fingerprint density at radius 3 is 2.94 bits per heavy atom. The lowest BCUT2D eigenvalue weighted by Gasteiger charge is -2.27. The zero-order valence-corrected chi connectivity index (χ0v) is 11.9. The molecule has 0 radical (unpaired) electrons. The van der Waals surface area contributed by atoms with Gasteiger partial charge in [0.2, 0.25) is 0 Å². The maximum atomic E-state index is 6.15. The molecule has 0 saturated carbocycles. The van der Waals surface area contributed by atoms with Gasteiger partial charge in [-0.2, -0.15) is 0 Å². The Morgan fingerprint density at radius 1 is 1.38 bits per heavy atom. The summed E-state index contributed by atoms with van der Waals surface area (Å²) in [5.41, 5.74) is 1.11. The van der Waals surface area contributed by atoms with Gasteiger partial charge in [-0.3, -0.25) is 0 Å². The standard InChI is InChI=1S/C12H13BrCl2O/c13-11-3-4-16-7-9(11)5-8-6-10(14)1-2-12(8)15/h1-2,6,9,11H,3-5,7H2. The van der Waals surface area contributed by atoms with E-state index in [4.69, 9.17) is 27.9 Å². The van der Waals surface area contributed by atoms with Crippen LogP contribution < -0.4 is 0 Å². The first kappa shape index (κ1) is 12.7. The first-order valence-electron chi connectivity index (χ1n) is 5.32. The molecule has 2 rings (SSSR count). The Morgan fingerprint density at radius 2 is 2.19 bits per heavy atom. The molecule has 2 unspecified atom stereocenters. The largest absolute Gasteiger partial charge is 0.381 e. The average molecular weight is 324 g/mol. The van der Waals surface area contributed by atoms with Crippen LogP contribution in [0.15, 0.2) is 18.2 Å². The monoisotopic (exact) mass is 322 g/mol. The lowest BCUT2D eigenvalue weighted by atomic mass is 9.94. The van der Waals surface area contributed by atoms with Crippen LogP contribution in [0.25, 0.3) is 0 Å². The molecule has 0 amide bonds. The van der Waals surface area contributed by atoms with E-state index >= 15 is 0 Å². The molecule has 88 valence electrons. The van der Waals surface area contributed by atoms with E-state index in [9.17, 15) is 0 Å². The van der Waals surface area contributed by atoms with Crippen molar-refractivity contribution >= 4 is 39.1 Å². The number of alkyl halides is 1. The predicted molar refractivity (Wildman–Crippen MR) is 71.8 cm³/mol. The van der Waals surface area contributed by atoms with Crippen molar-refractivity contribution in [1.82, 2.24) is 0 Å². The van der Waals surface area contributed by atoms with Crippen LogP contribution >= 0.6 is 39.1 Å². The van der Waals surface area contributed by atoms with Gasteiger partial charge in [0, 0.05) is 21.5 Å². The minimum atomic E-state index is 0.477. The van der Waals surface area contributed by atoms with Crippen LogP contribution in [0.3, 0.4) is 0 Å². The number of ether oxygens (including phenoxy) is 1. The third-order valence-corrected chi connectivity index (χ3v) is 4.68. The summed E-state index contributed by atoms with van der Waals surface area (Å²) in [6.07, 6.45) is 1.97. The fourth-order valence-corrected chi connectivity index (χ4v) is 2.86. The molecule has 0 aliphatic carbocycles. The second kappa shape index (κ2) is 5.72. The summed E-state index contributed by atoms with van der Waals surface area (Å²) in [6.45, 7) is 1.63. The van der Waals surface area contributed by atoms with Crippen LogP contribution in [0.1, 0.15) is 12.0 Å². The van der Waals surface area contributed by atoms with E-state index < -0.39 is 0 Å². The summed E-state index contributed by atoms with van der Waals surface area (Å²) in [6, 6.07) is 5.61. The van der Waals surface area contributed by atoms with E-state index in [0.29, 0.717) is 10.7 Å². The van der Waals surface area contributed by atoms with Gasteiger partial charge in [0.25, 0.3) is 0 Å². The van der Waals surface area contributed by atoms with Crippen LogP contribution in [0, 0.1) is 5.92 Å². The van der Waals surface area contributed by atoms with Crippen molar-refractivity contribution in [2.45, 2.75) is 17.7 Å². The van der Waals surface area contributed by atoms with Gasteiger partial charge in [0.15, 0.2) is 0 Å². The highest BCUT2D eigenvalue weighted by Gasteiger charge is 2.24. The Balaban J connectivity index is 2.10. The second-order valence-electron chi connectivity index (χ2n) is 4.08. The van der Waals surface area contributed by atoms with E-state index in [2.05, 4.69) is 15.9 Å². The summed E-state index contributed by atoms with van der Waals surface area (Å²) in [5, 5.41) is 1.52. The molecule has 0 bridgehead atoms. The van der Waals surface area contributed by atoms with Crippen LogP contribution in [-0.4, -0.2) is 18.0 Å². The van der Waals surface area contributed by atoms with Crippen molar-refractivity contribution in [3.63, 3.8) is 0 Å². The normalized spacial score (nSPS) is 25.7. The minimum Gasteiger partial charge on any atom is -0.381 e. The molecule has 1 aromatic carbocycles. The quantitative estimate of drug-likeness (QED) is 0.736. The summed E-state index contributed by atoms with van der Waals surface area (Å²) >= 11 is 15.8. The number of hydrogen-bond donors (Lipinski definition) is 0. The topological polar surface area (TPSA) is 9.23 Å². The van der Waals surface area contributed by atoms with Crippen molar-refractivity contribution in [1.29, 1.82) is 0 Å². The molecule has 4 heteroatoms. The van der Waals surface area contributed by atoms with Crippen LogP contribution in [-0.2, 0) is 11.2 Å². The third-order valence-electron chi connectivity index (χ3n) is 2.87. The van der Waals surface area contributed by atoms with Gasteiger partial charge in [-0.25, -0.2) is 0 Å². The molecule has 1 nitrogen and oxygen atoms in total. The Kier molecular flexibility index (Phi) is 4.54. The Bertz CT molecular complexity index is 370. The second-order valence-corrected chi connectivity index (χ2v) is 6.10. The molecule has 1 saturated heterocycles. The van der Waals surface area contributed by atoms with Crippen molar-refractivity contribution in [3.05, 3.63) is 33.8 Å². The first-order chi connectivity index (χ1) is 7.66. The SMILES string of the molecule is Clc1ccc(Cl)c(CC2COCCC2Br)c1. The first-order valence-corrected chi connectivity index (χ1v) is 6.99. The summed E-state index contributed by atoms with van der Waals surface area (Å²) < 4.78 is 5.49. The Labute approximate surface area is 114 Å². The van der Waals surface area contributed by atoms with Gasteiger partial charge in [-0.1, -0.05) is 39.1 Å². The highest BCUT2D eigenvalue weighted by molar-refractivity contribution is 9.09. The van der Waals surface area contributed by atoms with Crippen molar-refractivity contribution < 1.29 is 4.74 Å². The molecule has 2 atom stereocenters. The zero-order valence-electron chi connectivity index (χ0n) is 8.76. The van der Waals surface area contributed by atoms with E-state index in [-0.39, 0.29) is 0 Å². The molecule has 0 aromatic heterocycles. The predicted octanol–water partition coefficient (Wildman–Crippen LogP) is 4.34. The lowest BCUT2D eigenvalue weighted by Crippen LogP contribution is -2.29. The molecule has 0 spiro atoms. The fraction of sp³-hybridized carbons (Fsp3) is 0.500. The van der Waals surface area contributed by atoms with E-state index in [0.717, 1.165) is 41.7 Å². The van der Waals surface area contributed by atoms with E-state index in [1.165, 1.54) is 0 Å². The van der Waals surface area contributed by atoms with E-state index in [1.807, 2.05) is 18.2 Å². The number of rotatable bonds is 2.